The first-order valence-electron chi connectivity index (χ1n) is 5.39. The van der Waals surface area contributed by atoms with Crippen LogP contribution in [0, 0.1) is 0 Å². The Morgan fingerprint density at radius 3 is 2.76 bits per heavy atom. The Morgan fingerprint density at radius 2 is 2.12 bits per heavy atom. The Morgan fingerprint density at radius 1 is 1.41 bits per heavy atom. The van der Waals surface area contributed by atoms with Crippen LogP contribution in [-0.4, -0.2) is 35.2 Å². The van der Waals surface area contributed by atoms with Gasteiger partial charge in [0.1, 0.15) is 6.10 Å². The highest BCUT2D eigenvalue weighted by Gasteiger charge is 2.31. The number of carbonyl (C=O) groups is 2. The maximum atomic E-state index is 11.5. The van der Waals surface area contributed by atoms with Crippen LogP contribution in [-0.2, 0) is 9.53 Å². The van der Waals surface area contributed by atoms with E-state index in [2.05, 4.69) is 0 Å². The van der Waals surface area contributed by atoms with Crippen molar-refractivity contribution in [2.75, 3.05) is 13.1 Å². The number of benzene rings is 1. The van der Waals surface area contributed by atoms with Crippen LogP contribution in [0.2, 0.25) is 0 Å². The number of aliphatic carboxylic acids is 1. The Hall–Kier alpha value is -2.04. The summed E-state index contributed by atoms with van der Waals surface area (Å²) in [7, 11) is 0. The minimum Gasteiger partial charge on any atom is -0.481 e. The zero-order valence-electron chi connectivity index (χ0n) is 9.20. The van der Waals surface area contributed by atoms with Crippen molar-refractivity contribution < 1.29 is 19.4 Å². The summed E-state index contributed by atoms with van der Waals surface area (Å²) in [6.45, 7) is 0.605. The van der Waals surface area contributed by atoms with Crippen LogP contribution >= 0.6 is 0 Å². The van der Waals surface area contributed by atoms with Gasteiger partial charge >= 0.3 is 12.1 Å². The van der Waals surface area contributed by atoms with Gasteiger partial charge in [0.05, 0.1) is 13.0 Å². The van der Waals surface area contributed by atoms with Crippen molar-refractivity contribution in [2.24, 2.45) is 0 Å². The number of amides is 1. The molecule has 5 heteroatoms. The molecule has 1 unspecified atom stereocenters. The van der Waals surface area contributed by atoms with Gasteiger partial charge in [-0.15, -0.1) is 0 Å². The van der Waals surface area contributed by atoms with E-state index in [9.17, 15) is 9.59 Å². The number of nitrogens with zero attached hydrogens (tertiary/aromatic N) is 1. The zero-order valence-corrected chi connectivity index (χ0v) is 9.20. The average Bonchev–Trinajstić information content (AvgIpc) is 2.69. The van der Waals surface area contributed by atoms with Crippen molar-refractivity contribution in [3.8, 4) is 0 Å². The van der Waals surface area contributed by atoms with Crippen LogP contribution in [0.4, 0.5) is 4.79 Å². The van der Waals surface area contributed by atoms with E-state index in [0.717, 1.165) is 5.56 Å². The molecule has 1 saturated heterocycles. The van der Waals surface area contributed by atoms with E-state index in [1.165, 1.54) is 4.90 Å². The third-order valence-electron chi connectivity index (χ3n) is 2.65. The van der Waals surface area contributed by atoms with Crippen LogP contribution in [0.15, 0.2) is 30.3 Å². The summed E-state index contributed by atoms with van der Waals surface area (Å²) in [5, 5.41) is 8.56. The van der Waals surface area contributed by atoms with Crippen LogP contribution in [0.3, 0.4) is 0 Å². The molecule has 1 aliphatic heterocycles. The lowest BCUT2D eigenvalue weighted by Crippen LogP contribution is -2.27. The second-order valence-electron chi connectivity index (χ2n) is 3.87. The minimum absolute atomic E-state index is 0.0589. The van der Waals surface area contributed by atoms with E-state index >= 15 is 0 Å². The normalized spacial score (nSPS) is 19.2. The molecule has 0 bridgehead atoms. The van der Waals surface area contributed by atoms with Crippen LogP contribution in [0.5, 0.6) is 0 Å². The fourth-order valence-electron chi connectivity index (χ4n) is 1.76. The van der Waals surface area contributed by atoms with Gasteiger partial charge in [-0.1, -0.05) is 30.3 Å². The molecule has 5 nitrogen and oxygen atoms in total. The first-order chi connectivity index (χ1) is 8.16. The van der Waals surface area contributed by atoms with Gasteiger partial charge in [-0.3, -0.25) is 4.79 Å². The Labute approximate surface area is 98.6 Å². The van der Waals surface area contributed by atoms with Crippen molar-refractivity contribution in [3.63, 3.8) is 0 Å². The van der Waals surface area contributed by atoms with Gasteiger partial charge in [0, 0.05) is 6.54 Å². The fraction of sp³-hybridized carbons (Fsp3) is 0.333. The number of ether oxygens (including phenoxy) is 1. The number of carboxylic acids is 1. The predicted octanol–water partition coefficient (Wildman–Crippen LogP) is 1.65. The molecule has 0 saturated carbocycles. The lowest BCUT2D eigenvalue weighted by Gasteiger charge is -2.10. The summed E-state index contributed by atoms with van der Waals surface area (Å²) in [5.74, 6) is -0.916. The molecule has 17 heavy (non-hydrogen) atoms. The molecule has 1 atom stereocenters. The molecule has 0 aromatic heterocycles. The Bertz CT molecular complexity index is 418. The molecular weight excluding hydrogens is 222 g/mol. The lowest BCUT2D eigenvalue weighted by molar-refractivity contribution is -0.137. The van der Waals surface area contributed by atoms with Crippen molar-refractivity contribution in [3.05, 3.63) is 35.9 Å². The number of carboxylic acid groups (broad SMARTS) is 1. The molecule has 0 radical (unpaired) electrons. The molecule has 1 aromatic rings. The molecular formula is C12H13NO4. The zero-order chi connectivity index (χ0) is 12.3. The number of rotatable bonds is 4. The molecule has 90 valence electrons. The molecule has 0 spiro atoms. The van der Waals surface area contributed by atoms with Crippen molar-refractivity contribution in [2.45, 2.75) is 12.5 Å². The monoisotopic (exact) mass is 235 g/mol. The summed E-state index contributed by atoms with van der Waals surface area (Å²) in [6.07, 6.45) is -0.797. The minimum atomic E-state index is -0.916. The number of cyclic esters (lactones) is 1. The third-order valence-corrected chi connectivity index (χ3v) is 2.65. The molecule has 2 rings (SSSR count). The van der Waals surface area contributed by atoms with E-state index < -0.39 is 12.1 Å². The second-order valence-corrected chi connectivity index (χ2v) is 3.87. The van der Waals surface area contributed by atoms with Crippen LogP contribution < -0.4 is 0 Å². The Balaban J connectivity index is 1.97. The molecule has 1 aliphatic rings. The molecule has 0 aliphatic carbocycles. The molecule has 1 aromatic carbocycles. The van der Waals surface area contributed by atoms with Gasteiger partial charge in [-0.05, 0) is 5.56 Å². The molecule has 1 amide bonds. The molecule has 1 fully saturated rings. The van der Waals surface area contributed by atoms with Gasteiger partial charge in [0.2, 0.25) is 0 Å². The summed E-state index contributed by atoms with van der Waals surface area (Å²) < 4.78 is 5.19. The van der Waals surface area contributed by atoms with Crippen molar-refractivity contribution in [1.29, 1.82) is 0 Å². The predicted molar refractivity (Wildman–Crippen MR) is 59.5 cm³/mol. The highest BCUT2D eigenvalue weighted by Crippen LogP contribution is 2.25. The van der Waals surface area contributed by atoms with E-state index in [0.29, 0.717) is 6.54 Å². The van der Waals surface area contributed by atoms with Gasteiger partial charge < -0.3 is 14.7 Å². The van der Waals surface area contributed by atoms with E-state index in [1.54, 1.807) is 0 Å². The topological polar surface area (TPSA) is 66.8 Å². The summed E-state index contributed by atoms with van der Waals surface area (Å²) in [5.41, 5.74) is 0.929. The van der Waals surface area contributed by atoms with Gasteiger partial charge in [-0.25, -0.2) is 4.79 Å². The largest absolute Gasteiger partial charge is 0.481 e. The second kappa shape index (κ2) is 4.86. The third kappa shape index (κ3) is 2.75. The highest BCUT2D eigenvalue weighted by molar-refractivity contribution is 5.72. The highest BCUT2D eigenvalue weighted by atomic mass is 16.6. The number of carbonyl (C=O) groups excluding carboxylic acids is 1. The van der Waals surface area contributed by atoms with Gasteiger partial charge in [-0.2, -0.15) is 0 Å². The lowest BCUT2D eigenvalue weighted by atomic mass is 10.1. The number of hydrogen-bond acceptors (Lipinski definition) is 3. The SMILES string of the molecule is O=C(O)CCN1CC(c2ccccc2)OC1=O. The quantitative estimate of drug-likeness (QED) is 0.861. The van der Waals surface area contributed by atoms with E-state index in [1.807, 2.05) is 30.3 Å². The smallest absolute Gasteiger partial charge is 0.410 e. The first kappa shape index (κ1) is 11.4. The average molecular weight is 235 g/mol. The maximum Gasteiger partial charge on any atom is 0.410 e. The van der Waals surface area contributed by atoms with Gasteiger partial charge in [0.25, 0.3) is 0 Å². The fourth-order valence-corrected chi connectivity index (χ4v) is 1.76. The van der Waals surface area contributed by atoms with Crippen LogP contribution in [0.25, 0.3) is 0 Å². The summed E-state index contributed by atoms with van der Waals surface area (Å²) in [4.78, 5) is 23.3. The summed E-state index contributed by atoms with van der Waals surface area (Å²) >= 11 is 0. The molecule has 1 N–H and O–H groups in total. The Kier molecular flexibility index (Phi) is 3.27. The standard InChI is InChI=1S/C12H13NO4/c14-11(15)6-7-13-8-10(17-12(13)16)9-4-2-1-3-5-9/h1-5,10H,6-8H2,(H,14,15). The van der Waals surface area contributed by atoms with E-state index in [-0.39, 0.29) is 19.1 Å². The molecule has 1 heterocycles. The maximum absolute atomic E-state index is 11.5. The van der Waals surface area contributed by atoms with E-state index in [4.69, 9.17) is 9.84 Å². The van der Waals surface area contributed by atoms with Crippen molar-refractivity contribution >= 4 is 12.1 Å². The first-order valence-corrected chi connectivity index (χ1v) is 5.39. The summed E-state index contributed by atoms with van der Waals surface area (Å²) in [6, 6.07) is 9.42. The van der Waals surface area contributed by atoms with Gasteiger partial charge in [0.15, 0.2) is 0 Å². The number of hydrogen-bond donors (Lipinski definition) is 1. The van der Waals surface area contributed by atoms with Crippen LogP contribution in [0.1, 0.15) is 18.1 Å². The van der Waals surface area contributed by atoms with Crippen molar-refractivity contribution in [1.82, 2.24) is 4.90 Å².